The molecule has 2 aromatic carbocycles. The molecule has 2 aliphatic heterocycles. The van der Waals surface area contributed by atoms with Gasteiger partial charge in [0, 0.05) is 43.6 Å². The Morgan fingerprint density at radius 3 is 2.68 bits per heavy atom. The van der Waals surface area contributed by atoms with Crippen molar-refractivity contribution in [1.82, 2.24) is 14.9 Å². The van der Waals surface area contributed by atoms with E-state index in [1.165, 1.54) is 0 Å². The number of ether oxygens (including phenoxy) is 1. The zero-order valence-electron chi connectivity index (χ0n) is 20.8. The zero-order valence-corrected chi connectivity index (χ0v) is 21.7. The molecule has 0 aromatic heterocycles. The highest BCUT2D eigenvalue weighted by Gasteiger charge is 2.38. The number of carbonyl (C=O) groups excluding carboxylic acids is 1. The maximum Gasteiger partial charge on any atom is 0.416 e. The molecule has 0 spiro atoms. The standard InChI is InChI=1S/C26H32F3N3O4S/c1-17(2)30-16-18-8-9-22-23(10-12-36-24(22)13-18)31-25(33)15-20-6-4-11-32(20)37(34,35)21-7-3-5-19(14-21)26(27,28)29/h3,5,7-9,13-14,17,20,23,30H,4,6,10-12,15-16H2,1-2H3,(H,31,33)/t20-,23+/m0/s1. The average Bonchev–Trinajstić information content (AvgIpc) is 3.31. The van der Waals surface area contributed by atoms with Crippen LogP contribution in [-0.2, 0) is 27.5 Å². The Balaban J connectivity index is 1.44. The molecule has 2 heterocycles. The first-order chi connectivity index (χ1) is 17.4. The van der Waals surface area contributed by atoms with Gasteiger partial charge >= 0.3 is 6.18 Å². The van der Waals surface area contributed by atoms with Crippen LogP contribution in [0, 0.1) is 0 Å². The van der Waals surface area contributed by atoms with E-state index in [9.17, 15) is 26.4 Å². The molecule has 202 valence electrons. The molecule has 2 aromatic rings. The van der Waals surface area contributed by atoms with Gasteiger partial charge in [-0.15, -0.1) is 0 Å². The molecular formula is C26H32F3N3O4S. The SMILES string of the molecule is CC(C)NCc1ccc2c(c1)OCC[C@H]2NC(=O)C[C@@H]1CCCN1S(=O)(=O)c1cccc(C(F)(F)F)c1. The lowest BCUT2D eigenvalue weighted by atomic mass is 9.98. The van der Waals surface area contributed by atoms with Crippen molar-refractivity contribution in [3.8, 4) is 5.75 Å². The molecule has 37 heavy (non-hydrogen) atoms. The molecule has 2 atom stereocenters. The monoisotopic (exact) mass is 539 g/mol. The predicted molar refractivity (Wildman–Crippen MR) is 132 cm³/mol. The number of alkyl halides is 3. The third kappa shape index (κ3) is 6.45. The molecular weight excluding hydrogens is 507 g/mol. The van der Waals surface area contributed by atoms with E-state index >= 15 is 0 Å². The van der Waals surface area contributed by atoms with Crippen molar-refractivity contribution in [3.63, 3.8) is 0 Å². The second-order valence-electron chi connectivity index (χ2n) is 9.81. The minimum atomic E-state index is -4.65. The van der Waals surface area contributed by atoms with Crippen LogP contribution in [0.1, 0.15) is 62.3 Å². The fourth-order valence-electron chi connectivity index (χ4n) is 4.78. The van der Waals surface area contributed by atoms with Crippen LogP contribution in [0.3, 0.4) is 0 Å². The van der Waals surface area contributed by atoms with Gasteiger partial charge in [-0.25, -0.2) is 8.42 Å². The second-order valence-corrected chi connectivity index (χ2v) is 11.7. The van der Waals surface area contributed by atoms with Crippen molar-refractivity contribution < 1.29 is 31.1 Å². The van der Waals surface area contributed by atoms with Gasteiger partial charge in [-0.1, -0.05) is 32.0 Å². The Bertz CT molecular complexity index is 1230. The quantitative estimate of drug-likeness (QED) is 0.520. The van der Waals surface area contributed by atoms with Gasteiger partial charge in [0.05, 0.1) is 23.1 Å². The van der Waals surface area contributed by atoms with Crippen LogP contribution in [0.25, 0.3) is 0 Å². The molecule has 0 saturated carbocycles. The molecule has 7 nitrogen and oxygen atoms in total. The van der Waals surface area contributed by atoms with E-state index < -0.39 is 32.7 Å². The maximum absolute atomic E-state index is 13.2. The van der Waals surface area contributed by atoms with Crippen LogP contribution in [0.4, 0.5) is 13.2 Å². The summed E-state index contributed by atoms with van der Waals surface area (Å²) in [5.74, 6) is 0.411. The normalized spacial score (nSPS) is 20.5. The van der Waals surface area contributed by atoms with E-state index in [2.05, 4.69) is 24.5 Å². The van der Waals surface area contributed by atoms with Gasteiger partial charge in [0.15, 0.2) is 0 Å². The number of nitrogens with zero attached hydrogens (tertiary/aromatic N) is 1. The first-order valence-electron chi connectivity index (χ1n) is 12.4. The first-order valence-corrected chi connectivity index (χ1v) is 13.9. The lowest BCUT2D eigenvalue weighted by Gasteiger charge is -2.29. The summed E-state index contributed by atoms with van der Waals surface area (Å²) in [4.78, 5) is 12.6. The molecule has 1 amide bonds. The van der Waals surface area contributed by atoms with E-state index in [0.29, 0.717) is 50.3 Å². The minimum absolute atomic E-state index is 0.0682. The van der Waals surface area contributed by atoms with E-state index in [4.69, 9.17) is 4.74 Å². The maximum atomic E-state index is 13.2. The van der Waals surface area contributed by atoms with Crippen molar-refractivity contribution >= 4 is 15.9 Å². The van der Waals surface area contributed by atoms with Gasteiger partial charge in [-0.3, -0.25) is 4.79 Å². The Morgan fingerprint density at radius 1 is 1.16 bits per heavy atom. The van der Waals surface area contributed by atoms with Crippen LogP contribution < -0.4 is 15.4 Å². The van der Waals surface area contributed by atoms with Crippen molar-refractivity contribution in [2.45, 2.75) is 75.3 Å². The topological polar surface area (TPSA) is 87.7 Å². The van der Waals surface area contributed by atoms with Crippen molar-refractivity contribution in [2.75, 3.05) is 13.2 Å². The Labute approximate surface area is 215 Å². The number of amides is 1. The van der Waals surface area contributed by atoms with Crippen LogP contribution >= 0.6 is 0 Å². The fraction of sp³-hybridized carbons (Fsp3) is 0.500. The molecule has 1 saturated heterocycles. The number of carbonyl (C=O) groups is 1. The van der Waals surface area contributed by atoms with Gasteiger partial charge in [0.2, 0.25) is 15.9 Å². The van der Waals surface area contributed by atoms with Crippen LogP contribution in [0.5, 0.6) is 5.75 Å². The van der Waals surface area contributed by atoms with Gasteiger partial charge < -0.3 is 15.4 Å². The lowest BCUT2D eigenvalue weighted by molar-refractivity contribution is -0.137. The number of sulfonamides is 1. The summed E-state index contributed by atoms with van der Waals surface area (Å²) in [5, 5.41) is 6.36. The van der Waals surface area contributed by atoms with Crippen molar-refractivity contribution in [3.05, 3.63) is 59.2 Å². The molecule has 11 heteroatoms. The summed E-state index contributed by atoms with van der Waals surface area (Å²) < 4.78 is 72.7. The lowest BCUT2D eigenvalue weighted by Crippen LogP contribution is -2.40. The summed E-state index contributed by atoms with van der Waals surface area (Å²) in [5.41, 5.74) is 0.914. The molecule has 0 aliphatic carbocycles. The Hall–Kier alpha value is -2.63. The van der Waals surface area contributed by atoms with Gasteiger partial charge in [0.25, 0.3) is 0 Å². The molecule has 0 radical (unpaired) electrons. The van der Waals surface area contributed by atoms with Gasteiger partial charge in [-0.2, -0.15) is 17.5 Å². The zero-order chi connectivity index (χ0) is 26.8. The average molecular weight is 540 g/mol. The highest BCUT2D eigenvalue weighted by atomic mass is 32.2. The third-order valence-corrected chi connectivity index (χ3v) is 8.63. The Morgan fingerprint density at radius 2 is 1.95 bits per heavy atom. The van der Waals surface area contributed by atoms with Gasteiger partial charge in [0.1, 0.15) is 5.75 Å². The largest absolute Gasteiger partial charge is 0.493 e. The number of rotatable bonds is 8. The molecule has 4 rings (SSSR count). The third-order valence-electron chi connectivity index (χ3n) is 6.68. The highest BCUT2D eigenvalue weighted by molar-refractivity contribution is 7.89. The molecule has 0 bridgehead atoms. The fourth-order valence-corrected chi connectivity index (χ4v) is 6.52. The van der Waals surface area contributed by atoms with E-state index in [1.54, 1.807) is 0 Å². The van der Waals surface area contributed by atoms with E-state index in [0.717, 1.165) is 33.6 Å². The summed E-state index contributed by atoms with van der Waals surface area (Å²) in [6.07, 6.45) is -3.15. The highest BCUT2D eigenvalue weighted by Crippen LogP contribution is 2.35. The number of hydrogen-bond acceptors (Lipinski definition) is 5. The van der Waals surface area contributed by atoms with Crippen molar-refractivity contribution in [1.29, 1.82) is 0 Å². The van der Waals surface area contributed by atoms with Crippen LogP contribution in [0.2, 0.25) is 0 Å². The summed E-state index contributed by atoms with van der Waals surface area (Å²) in [6, 6.07) is 9.07. The molecule has 2 N–H and O–H groups in total. The predicted octanol–water partition coefficient (Wildman–Crippen LogP) is 4.39. The van der Waals surface area contributed by atoms with Crippen LogP contribution in [0.15, 0.2) is 47.4 Å². The van der Waals surface area contributed by atoms with E-state index in [1.807, 2.05) is 18.2 Å². The summed E-state index contributed by atoms with van der Waals surface area (Å²) >= 11 is 0. The first kappa shape index (κ1) is 27.4. The minimum Gasteiger partial charge on any atom is -0.493 e. The summed E-state index contributed by atoms with van der Waals surface area (Å²) in [6.45, 7) is 5.43. The van der Waals surface area contributed by atoms with Gasteiger partial charge in [-0.05, 0) is 42.7 Å². The number of hydrogen-bond donors (Lipinski definition) is 2. The molecule has 2 aliphatic rings. The van der Waals surface area contributed by atoms with Crippen LogP contribution in [-0.4, -0.2) is 43.9 Å². The number of benzene rings is 2. The summed E-state index contributed by atoms with van der Waals surface area (Å²) in [7, 11) is -4.19. The molecule has 1 fully saturated rings. The molecule has 0 unspecified atom stereocenters. The smallest absolute Gasteiger partial charge is 0.416 e. The van der Waals surface area contributed by atoms with Crippen molar-refractivity contribution in [2.24, 2.45) is 0 Å². The number of halogens is 3. The number of nitrogens with one attached hydrogen (secondary N) is 2. The number of fused-ring (bicyclic) bond motifs is 1. The second kappa shape index (κ2) is 11.0. The van der Waals surface area contributed by atoms with E-state index in [-0.39, 0.29) is 24.9 Å². The Kier molecular flexibility index (Phi) is 8.15.